The zero-order valence-corrected chi connectivity index (χ0v) is 18.7. The minimum absolute atomic E-state index is 0.00963. The average molecular weight is 444 g/mol. The van der Waals surface area contributed by atoms with Gasteiger partial charge in [-0.05, 0) is 34.1 Å². The summed E-state index contributed by atoms with van der Waals surface area (Å²) in [5, 5.41) is 52.1. The van der Waals surface area contributed by atoms with E-state index in [1.165, 1.54) is 33.1 Å². The molecule has 0 saturated carbocycles. The Kier molecular flexibility index (Phi) is 6.13. The highest BCUT2D eigenvalue weighted by Crippen LogP contribution is 2.41. The summed E-state index contributed by atoms with van der Waals surface area (Å²) in [5.41, 5.74) is -0.913. The molecular weight excluding hydrogens is 416 g/mol. The number of aromatic hydroxyl groups is 3. The quantitative estimate of drug-likeness (QED) is 0.288. The standard InChI is InChI=1S/C24H28O8/c1-11(2)6-7-12-14(25)9-17-20(21(12)28)22(29)19-13(8-18(27)24(3,4)30)23(31-5)15(26)10-16(19)32-17/h6,9-10,18,25-28,30H,7-8H2,1-5H3/t18-/m0/s1. The van der Waals surface area contributed by atoms with Crippen LogP contribution in [-0.2, 0) is 12.8 Å². The van der Waals surface area contributed by atoms with E-state index in [-0.39, 0.29) is 63.2 Å². The number of aliphatic hydroxyl groups is 2. The number of phenolic OH excluding ortho intramolecular Hbond substituents is 3. The molecule has 0 bridgehead atoms. The maximum Gasteiger partial charge on any atom is 0.204 e. The fourth-order valence-corrected chi connectivity index (χ4v) is 3.60. The maximum absolute atomic E-state index is 13.5. The summed E-state index contributed by atoms with van der Waals surface area (Å²) in [7, 11) is 1.30. The second kappa shape index (κ2) is 8.37. The van der Waals surface area contributed by atoms with E-state index in [2.05, 4.69) is 0 Å². The molecule has 3 rings (SSSR count). The molecule has 5 N–H and O–H groups in total. The zero-order chi connectivity index (χ0) is 24.0. The van der Waals surface area contributed by atoms with Crippen molar-refractivity contribution in [3.8, 4) is 23.0 Å². The Morgan fingerprint density at radius 1 is 1.09 bits per heavy atom. The SMILES string of the molecule is COc1c(O)cc2oc3cc(O)c(CC=C(C)C)c(O)c3c(=O)c2c1C[C@H](O)C(C)(C)O. The Bertz CT molecular complexity index is 1270. The van der Waals surface area contributed by atoms with Gasteiger partial charge >= 0.3 is 0 Å². The van der Waals surface area contributed by atoms with Crippen LogP contribution in [-0.4, -0.2) is 44.3 Å². The largest absolute Gasteiger partial charge is 0.507 e. The summed E-state index contributed by atoms with van der Waals surface area (Å²) in [6.45, 7) is 6.57. The fourth-order valence-electron chi connectivity index (χ4n) is 3.60. The Labute approximate surface area is 184 Å². The second-order valence-corrected chi connectivity index (χ2v) is 8.67. The van der Waals surface area contributed by atoms with Gasteiger partial charge in [-0.2, -0.15) is 0 Å². The highest BCUT2D eigenvalue weighted by atomic mass is 16.5. The topological polar surface area (TPSA) is 141 Å². The molecule has 0 fully saturated rings. The lowest BCUT2D eigenvalue weighted by Crippen LogP contribution is -2.37. The van der Waals surface area contributed by atoms with Crippen molar-refractivity contribution >= 4 is 21.9 Å². The normalized spacial score (nSPS) is 12.8. The van der Waals surface area contributed by atoms with Crippen LogP contribution in [0.15, 0.2) is 33.0 Å². The summed E-state index contributed by atoms with van der Waals surface area (Å²) in [6.07, 6.45) is 0.488. The molecule has 0 saturated heterocycles. The number of hydrogen-bond donors (Lipinski definition) is 5. The molecule has 1 heterocycles. The lowest BCUT2D eigenvalue weighted by molar-refractivity contribution is -0.0470. The van der Waals surface area contributed by atoms with Crippen LogP contribution in [0.25, 0.3) is 21.9 Å². The first-order valence-corrected chi connectivity index (χ1v) is 10.1. The molecular formula is C24H28O8. The first kappa shape index (κ1) is 23.4. The van der Waals surface area contributed by atoms with Crippen molar-refractivity contribution in [3.05, 3.63) is 45.1 Å². The first-order valence-electron chi connectivity index (χ1n) is 10.1. The van der Waals surface area contributed by atoms with Crippen LogP contribution in [0.5, 0.6) is 23.0 Å². The van der Waals surface area contributed by atoms with Crippen LogP contribution in [0.4, 0.5) is 0 Å². The summed E-state index contributed by atoms with van der Waals surface area (Å²) >= 11 is 0. The third kappa shape index (κ3) is 4.11. The minimum atomic E-state index is -1.49. The highest BCUT2D eigenvalue weighted by molar-refractivity contribution is 5.97. The van der Waals surface area contributed by atoms with Gasteiger partial charge in [0.2, 0.25) is 5.43 Å². The van der Waals surface area contributed by atoms with E-state index in [4.69, 9.17) is 9.15 Å². The minimum Gasteiger partial charge on any atom is -0.507 e. The third-order valence-electron chi connectivity index (χ3n) is 5.47. The lowest BCUT2D eigenvalue weighted by atomic mass is 9.92. The van der Waals surface area contributed by atoms with Crippen LogP contribution in [0.2, 0.25) is 0 Å². The number of aliphatic hydroxyl groups excluding tert-OH is 1. The van der Waals surface area contributed by atoms with Crippen molar-refractivity contribution in [2.24, 2.45) is 0 Å². The van der Waals surface area contributed by atoms with Gasteiger partial charge in [-0.3, -0.25) is 4.79 Å². The van der Waals surface area contributed by atoms with E-state index >= 15 is 0 Å². The fraction of sp³-hybridized carbons (Fsp3) is 0.375. The van der Waals surface area contributed by atoms with E-state index in [9.17, 15) is 30.3 Å². The summed E-state index contributed by atoms with van der Waals surface area (Å²) in [6, 6.07) is 2.44. The van der Waals surface area contributed by atoms with Gasteiger partial charge in [0.1, 0.15) is 28.1 Å². The van der Waals surface area contributed by atoms with Gasteiger partial charge in [-0.15, -0.1) is 0 Å². The molecule has 0 spiro atoms. The van der Waals surface area contributed by atoms with Crippen LogP contribution < -0.4 is 10.2 Å². The molecule has 0 aliphatic carbocycles. The predicted octanol–water partition coefficient (Wildman–Crippen LogP) is 3.25. The van der Waals surface area contributed by atoms with Crippen LogP contribution in [0.3, 0.4) is 0 Å². The number of methoxy groups -OCH3 is 1. The average Bonchev–Trinajstić information content (AvgIpc) is 2.66. The van der Waals surface area contributed by atoms with Crippen LogP contribution in [0, 0.1) is 0 Å². The Morgan fingerprint density at radius 3 is 2.25 bits per heavy atom. The second-order valence-electron chi connectivity index (χ2n) is 8.67. The van der Waals surface area contributed by atoms with Gasteiger partial charge in [0.05, 0.1) is 24.2 Å². The number of allylic oxidation sites excluding steroid dienone is 2. The van der Waals surface area contributed by atoms with Crippen molar-refractivity contribution in [2.45, 2.75) is 52.2 Å². The predicted molar refractivity (Wildman–Crippen MR) is 121 cm³/mol. The van der Waals surface area contributed by atoms with E-state index in [0.717, 1.165) is 5.57 Å². The molecule has 1 aromatic heterocycles. The van der Waals surface area contributed by atoms with Gasteiger partial charge in [0.25, 0.3) is 0 Å². The van der Waals surface area contributed by atoms with Crippen molar-refractivity contribution in [2.75, 3.05) is 7.11 Å². The van der Waals surface area contributed by atoms with Gasteiger partial charge < -0.3 is 34.7 Å². The van der Waals surface area contributed by atoms with E-state index in [0.29, 0.717) is 0 Å². The Balaban J connectivity index is 2.42. The van der Waals surface area contributed by atoms with E-state index < -0.39 is 22.9 Å². The number of hydrogen-bond acceptors (Lipinski definition) is 8. The maximum atomic E-state index is 13.5. The Hall–Kier alpha value is -3.23. The molecule has 0 unspecified atom stereocenters. The summed E-state index contributed by atoms with van der Waals surface area (Å²) in [5.74, 6) is -1.01. The monoisotopic (exact) mass is 444 g/mol. The molecule has 0 amide bonds. The lowest BCUT2D eigenvalue weighted by Gasteiger charge is -2.25. The molecule has 3 aromatic rings. The molecule has 1 atom stereocenters. The number of rotatable bonds is 6. The van der Waals surface area contributed by atoms with E-state index in [1.54, 1.807) is 6.08 Å². The molecule has 0 aliphatic rings. The van der Waals surface area contributed by atoms with E-state index in [1.807, 2.05) is 13.8 Å². The number of fused-ring (bicyclic) bond motifs is 2. The molecule has 0 radical (unpaired) electrons. The number of phenols is 3. The summed E-state index contributed by atoms with van der Waals surface area (Å²) < 4.78 is 11.0. The van der Waals surface area contributed by atoms with Gasteiger partial charge in [0.15, 0.2) is 11.5 Å². The number of benzene rings is 2. The zero-order valence-electron chi connectivity index (χ0n) is 18.7. The van der Waals surface area contributed by atoms with Gasteiger partial charge in [-0.25, -0.2) is 0 Å². The molecule has 32 heavy (non-hydrogen) atoms. The molecule has 2 aromatic carbocycles. The van der Waals surface area contributed by atoms with Crippen molar-refractivity contribution in [1.82, 2.24) is 0 Å². The van der Waals surface area contributed by atoms with Crippen LogP contribution >= 0.6 is 0 Å². The third-order valence-corrected chi connectivity index (χ3v) is 5.47. The highest BCUT2D eigenvalue weighted by Gasteiger charge is 2.30. The van der Waals surface area contributed by atoms with Crippen LogP contribution in [0.1, 0.15) is 38.8 Å². The van der Waals surface area contributed by atoms with Crippen molar-refractivity contribution in [1.29, 1.82) is 0 Å². The Morgan fingerprint density at radius 2 is 1.69 bits per heavy atom. The smallest absolute Gasteiger partial charge is 0.204 e. The summed E-state index contributed by atoms with van der Waals surface area (Å²) in [4.78, 5) is 13.5. The van der Waals surface area contributed by atoms with Crippen molar-refractivity contribution < 1.29 is 34.7 Å². The molecule has 0 aliphatic heterocycles. The van der Waals surface area contributed by atoms with Gasteiger partial charge in [0, 0.05) is 29.7 Å². The molecule has 172 valence electrons. The van der Waals surface area contributed by atoms with Gasteiger partial charge in [-0.1, -0.05) is 11.6 Å². The molecule has 8 nitrogen and oxygen atoms in total. The number of ether oxygens (including phenoxy) is 1. The van der Waals surface area contributed by atoms with Crippen molar-refractivity contribution in [3.63, 3.8) is 0 Å². The first-order chi connectivity index (χ1) is 14.9. The molecule has 8 heteroatoms.